The van der Waals surface area contributed by atoms with Crippen molar-refractivity contribution in [2.75, 3.05) is 7.11 Å². The highest BCUT2D eigenvalue weighted by atomic mass is 79.9. The highest BCUT2D eigenvalue weighted by Gasteiger charge is 1.81. The Balaban J connectivity index is 2.54. The molecule has 1 radical (unpaired) electrons. The largest absolute Gasteiger partial charge is 0.370 e. The molecule has 0 bridgehead atoms. The van der Waals surface area contributed by atoms with Gasteiger partial charge in [-0.05, 0) is 6.92 Å². The summed E-state index contributed by atoms with van der Waals surface area (Å²) in [5.74, 6) is 0. The van der Waals surface area contributed by atoms with Crippen LogP contribution < -0.4 is 0 Å². The lowest BCUT2D eigenvalue weighted by Crippen LogP contribution is -1.89. The van der Waals surface area contributed by atoms with E-state index in [1.54, 1.807) is 7.11 Å². The summed E-state index contributed by atoms with van der Waals surface area (Å²) in [6.07, 6.45) is 0. The zero-order valence-electron chi connectivity index (χ0n) is 3.07. The lowest BCUT2D eigenvalue weighted by Gasteiger charge is -1.92. The second kappa shape index (κ2) is 2.67. The number of hydrogen-bond donors (Lipinski definition) is 0. The molecule has 0 spiro atoms. The maximum Gasteiger partial charge on any atom is 0.112 e. The molecule has 0 aromatic rings. The molecule has 31 valence electrons. The molecule has 0 aliphatic rings. The number of halogens is 1. The van der Waals surface area contributed by atoms with Crippen molar-refractivity contribution in [3.63, 3.8) is 0 Å². The van der Waals surface area contributed by atoms with Gasteiger partial charge in [0.15, 0.2) is 0 Å². The first kappa shape index (κ1) is 5.44. The minimum atomic E-state index is -0.0532. The summed E-state index contributed by atoms with van der Waals surface area (Å²) in [5, 5.41) is -0.0532. The van der Waals surface area contributed by atoms with Gasteiger partial charge in [0.2, 0.25) is 0 Å². The summed E-state index contributed by atoms with van der Waals surface area (Å²) in [5.41, 5.74) is 0. The van der Waals surface area contributed by atoms with Gasteiger partial charge in [0.1, 0.15) is 5.01 Å². The molecule has 0 fully saturated rings. The van der Waals surface area contributed by atoms with Gasteiger partial charge in [-0.3, -0.25) is 0 Å². The second-order valence-electron chi connectivity index (χ2n) is 0.646. The number of hydrogen-bond acceptors (Lipinski definition) is 1. The summed E-state index contributed by atoms with van der Waals surface area (Å²) < 4.78 is 4.56. The average molecular weight is 138 g/mol. The Labute approximate surface area is 40.5 Å². The van der Waals surface area contributed by atoms with E-state index in [1.807, 2.05) is 0 Å². The van der Waals surface area contributed by atoms with Gasteiger partial charge in [0.05, 0.1) is 0 Å². The first-order valence-corrected chi connectivity index (χ1v) is 2.19. The van der Waals surface area contributed by atoms with E-state index in [2.05, 4.69) is 27.6 Å². The van der Waals surface area contributed by atoms with Crippen LogP contribution in [0.2, 0.25) is 0 Å². The van der Waals surface area contributed by atoms with Crippen molar-refractivity contribution in [1.82, 2.24) is 0 Å². The molecule has 0 aliphatic carbocycles. The van der Waals surface area contributed by atoms with Crippen molar-refractivity contribution in [3.8, 4) is 0 Å². The highest BCUT2D eigenvalue weighted by molar-refractivity contribution is 9.09. The van der Waals surface area contributed by atoms with Crippen molar-refractivity contribution in [1.29, 1.82) is 0 Å². The third-order valence-electron chi connectivity index (χ3n) is 0.256. The molecule has 0 aromatic carbocycles. The Hall–Kier alpha value is 0.440. The number of ether oxygens (including phenoxy) is 1. The zero-order chi connectivity index (χ0) is 4.28. The third kappa shape index (κ3) is 4.44. The molecule has 0 heterocycles. The molecule has 0 aromatic heterocycles. The highest BCUT2D eigenvalue weighted by Crippen LogP contribution is 1.92. The van der Waals surface area contributed by atoms with Crippen LogP contribution in [0.15, 0.2) is 0 Å². The summed E-state index contributed by atoms with van der Waals surface area (Å²) in [6, 6.07) is 0. The van der Waals surface area contributed by atoms with E-state index < -0.39 is 0 Å². The van der Waals surface area contributed by atoms with Gasteiger partial charge in [-0.1, -0.05) is 15.9 Å². The van der Waals surface area contributed by atoms with E-state index >= 15 is 0 Å². The summed E-state index contributed by atoms with van der Waals surface area (Å²) >= 11 is 3.04. The summed E-state index contributed by atoms with van der Waals surface area (Å²) in [6.45, 7) is 3.45. The average Bonchev–Trinajstić information content (AvgIpc) is 1.38. The van der Waals surface area contributed by atoms with Crippen LogP contribution in [0.5, 0.6) is 0 Å². The van der Waals surface area contributed by atoms with E-state index in [4.69, 9.17) is 0 Å². The fraction of sp³-hybridized carbons (Fsp3) is 0.667. The molecular formula is C3H6BrO. The third-order valence-corrected chi connectivity index (χ3v) is 0.630. The van der Waals surface area contributed by atoms with Crippen LogP contribution in [0.3, 0.4) is 0 Å². The molecule has 1 unspecified atom stereocenters. The van der Waals surface area contributed by atoms with Crippen molar-refractivity contribution in [3.05, 3.63) is 6.92 Å². The molecule has 1 atom stereocenters. The van der Waals surface area contributed by atoms with Crippen LogP contribution >= 0.6 is 15.9 Å². The van der Waals surface area contributed by atoms with Crippen LogP contribution in [0, 0.1) is 6.92 Å². The molecule has 2 heteroatoms. The molecule has 0 rings (SSSR count). The Morgan fingerprint density at radius 1 is 2.00 bits per heavy atom. The van der Waals surface area contributed by atoms with Crippen LogP contribution in [-0.4, -0.2) is 12.1 Å². The Kier molecular flexibility index (Phi) is 2.90. The summed E-state index contributed by atoms with van der Waals surface area (Å²) in [7, 11) is 1.59. The number of rotatable bonds is 1. The monoisotopic (exact) mass is 137 g/mol. The van der Waals surface area contributed by atoms with Crippen LogP contribution in [0.4, 0.5) is 0 Å². The smallest absolute Gasteiger partial charge is 0.112 e. The minimum absolute atomic E-state index is 0.0532. The minimum Gasteiger partial charge on any atom is -0.370 e. The normalized spacial score (nSPS) is 15.0. The van der Waals surface area contributed by atoms with Gasteiger partial charge in [-0.25, -0.2) is 0 Å². The molecule has 0 aliphatic heterocycles. The van der Waals surface area contributed by atoms with E-state index in [9.17, 15) is 0 Å². The van der Waals surface area contributed by atoms with Gasteiger partial charge >= 0.3 is 0 Å². The molecule has 0 N–H and O–H groups in total. The van der Waals surface area contributed by atoms with Gasteiger partial charge in [0, 0.05) is 7.11 Å². The quantitative estimate of drug-likeness (QED) is 0.494. The van der Waals surface area contributed by atoms with Gasteiger partial charge in [0.25, 0.3) is 0 Å². The first-order chi connectivity index (χ1) is 2.27. The predicted octanol–water partition coefficient (Wildman–Crippen LogP) is 1.19. The standard InChI is InChI=1S/C3H6BrO/c1-3(4)5-2/h3H,1H2,2H3. The number of alkyl halides is 1. The van der Waals surface area contributed by atoms with Crippen molar-refractivity contribution in [2.45, 2.75) is 5.01 Å². The maximum atomic E-state index is 4.56. The molecule has 5 heavy (non-hydrogen) atoms. The fourth-order valence-corrected chi connectivity index (χ4v) is 0. The van der Waals surface area contributed by atoms with E-state index in [0.29, 0.717) is 0 Å². The lowest BCUT2D eigenvalue weighted by atomic mass is 10.9. The summed E-state index contributed by atoms with van der Waals surface area (Å²) in [4.78, 5) is 0. The van der Waals surface area contributed by atoms with Crippen LogP contribution in [0.1, 0.15) is 0 Å². The molecule has 0 amide bonds. The van der Waals surface area contributed by atoms with Gasteiger partial charge in [-0.2, -0.15) is 0 Å². The molecular weight excluding hydrogens is 132 g/mol. The van der Waals surface area contributed by atoms with Crippen LogP contribution in [0.25, 0.3) is 0 Å². The molecule has 1 nitrogen and oxygen atoms in total. The lowest BCUT2D eigenvalue weighted by molar-refractivity contribution is 0.211. The van der Waals surface area contributed by atoms with E-state index in [0.717, 1.165) is 0 Å². The van der Waals surface area contributed by atoms with E-state index in [1.165, 1.54) is 0 Å². The fourth-order valence-electron chi connectivity index (χ4n) is 0. The first-order valence-electron chi connectivity index (χ1n) is 1.27. The van der Waals surface area contributed by atoms with E-state index in [-0.39, 0.29) is 5.01 Å². The predicted molar refractivity (Wildman–Crippen MR) is 25.1 cm³/mol. The van der Waals surface area contributed by atoms with Crippen molar-refractivity contribution < 1.29 is 4.74 Å². The number of methoxy groups -OCH3 is 1. The topological polar surface area (TPSA) is 9.23 Å². The van der Waals surface area contributed by atoms with Crippen molar-refractivity contribution >= 4 is 15.9 Å². The Morgan fingerprint density at radius 2 is 2.20 bits per heavy atom. The Bertz CT molecular complexity index is 20.9. The zero-order valence-corrected chi connectivity index (χ0v) is 4.66. The van der Waals surface area contributed by atoms with Crippen LogP contribution in [-0.2, 0) is 4.74 Å². The second-order valence-corrected chi connectivity index (χ2v) is 1.67. The van der Waals surface area contributed by atoms with Gasteiger partial charge in [-0.15, -0.1) is 0 Å². The maximum absolute atomic E-state index is 4.56. The molecule has 0 saturated carbocycles. The Morgan fingerprint density at radius 3 is 2.20 bits per heavy atom. The van der Waals surface area contributed by atoms with Gasteiger partial charge < -0.3 is 4.74 Å². The SMILES string of the molecule is [CH2]C(Br)OC. The van der Waals surface area contributed by atoms with Crippen molar-refractivity contribution in [2.24, 2.45) is 0 Å². The molecule has 0 saturated heterocycles.